The lowest BCUT2D eigenvalue weighted by atomic mass is 9.94. The lowest BCUT2D eigenvalue weighted by Gasteiger charge is -2.16. The number of aliphatic hydroxyl groups excluding tert-OH is 1. The molecule has 9 heteroatoms. The van der Waals surface area contributed by atoms with Gasteiger partial charge in [0.25, 0.3) is 0 Å². The first-order valence-electron chi connectivity index (χ1n) is 9.51. The molecule has 0 amide bonds. The zero-order chi connectivity index (χ0) is 21.9. The second-order valence-corrected chi connectivity index (χ2v) is 7.55. The third-order valence-corrected chi connectivity index (χ3v) is 5.36. The average Bonchev–Trinajstić information content (AvgIpc) is 3.07. The zero-order valence-corrected chi connectivity index (χ0v) is 16.3. The number of β-amino-alcohol motifs (C(OH)–C–C–N with tert-alkyl or cyclic N) is 1. The van der Waals surface area contributed by atoms with Gasteiger partial charge >= 0.3 is 6.18 Å². The highest BCUT2D eigenvalue weighted by Gasteiger charge is 2.37. The van der Waals surface area contributed by atoms with Crippen molar-refractivity contribution in [3.8, 4) is 6.07 Å². The summed E-state index contributed by atoms with van der Waals surface area (Å²) in [6.07, 6.45) is -4.76. The number of aromatic nitrogens is 2. The average molecular weight is 418 g/mol. The second kappa shape index (κ2) is 8.79. The molecule has 2 aromatic rings. The molecule has 1 aromatic heterocycles. The zero-order valence-electron chi connectivity index (χ0n) is 16.3. The number of nitriles is 1. The van der Waals surface area contributed by atoms with Crippen LogP contribution >= 0.6 is 0 Å². The van der Waals surface area contributed by atoms with E-state index in [1.54, 1.807) is 18.2 Å². The number of hydrogen-bond acceptors (Lipinski definition) is 6. The summed E-state index contributed by atoms with van der Waals surface area (Å²) in [5.41, 5.74) is 0.991. The van der Waals surface area contributed by atoms with Crippen LogP contribution in [0.1, 0.15) is 36.1 Å². The van der Waals surface area contributed by atoms with Gasteiger partial charge in [0.1, 0.15) is 11.9 Å². The number of rotatable bonds is 6. The largest absolute Gasteiger partial charge is 0.395 e. The molecule has 2 unspecified atom stereocenters. The molecular weight excluding hydrogens is 397 g/mol. The van der Waals surface area contributed by atoms with Gasteiger partial charge in [0.05, 0.1) is 12.0 Å². The van der Waals surface area contributed by atoms with Crippen LogP contribution < -0.4 is 4.90 Å². The van der Waals surface area contributed by atoms with E-state index >= 15 is 0 Å². The minimum absolute atomic E-state index is 0.0940. The summed E-state index contributed by atoms with van der Waals surface area (Å²) in [4.78, 5) is 14.3. The smallest absolute Gasteiger partial charge is 0.391 e. The van der Waals surface area contributed by atoms with Crippen LogP contribution in [0.25, 0.3) is 0 Å². The molecule has 1 aromatic carbocycles. The summed E-state index contributed by atoms with van der Waals surface area (Å²) in [5.74, 6) is -1.41. The molecule has 0 bridgehead atoms. The molecule has 2 heterocycles. The number of aliphatic hydroxyl groups is 1. The SMILES string of the molecule is CC(c1ccc(CC(=O)CC2CN(c3ccc(C#N)nn3)C[C@@H]2O)cc1)C(F)(F)F. The maximum absolute atomic E-state index is 12.8. The molecule has 3 atom stereocenters. The molecule has 0 saturated carbocycles. The quantitative estimate of drug-likeness (QED) is 0.776. The maximum Gasteiger partial charge on any atom is 0.395 e. The van der Waals surface area contributed by atoms with E-state index < -0.39 is 18.2 Å². The maximum atomic E-state index is 12.8. The Morgan fingerprint density at radius 2 is 1.93 bits per heavy atom. The van der Waals surface area contributed by atoms with E-state index in [1.165, 1.54) is 18.2 Å². The molecule has 158 valence electrons. The predicted octanol–water partition coefficient (Wildman–Crippen LogP) is 3.01. The summed E-state index contributed by atoms with van der Waals surface area (Å²) < 4.78 is 38.4. The Hall–Kier alpha value is -2.99. The molecule has 1 fully saturated rings. The summed E-state index contributed by atoms with van der Waals surface area (Å²) in [5, 5.41) is 26.8. The van der Waals surface area contributed by atoms with Gasteiger partial charge in [-0.2, -0.15) is 18.4 Å². The number of alkyl halides is 3. The van der Waals surface area contributed by atoms with Crippen LogP contribution in [-0.4, -0.2) is 46.5 Å². The van der Waals surface area contributed by atoms with Crippen molar-refractivity contribution >= 4 is 11.6 Å². The molecule has 1 saturated heterocycles. The van der Waals surface area contributed by atoms with Gasteiger partial charge < -0.3 is 10.0 Å². The van der Waals surface area contributed by atoms with Crippen molar-refractivity contribution in [1.29, 1.82) is 5.26 Å². The van der Waals surface area contributed by atoms with Crippen molar-refractivity contribution in [2.75, 3.05) is 18.0 Å². The Balaban J connectivity index is 1.56. The van der Waals surface area contributed by atoms with Gasteiger partial charge in [0.15, 0.2) is 11.5 Å². The predicted molar refractivity (Wildman–Crippen MR) is 103 cm³/mol. The number of nitrogens with zero attached hydrogens (tertiary/aromatic N) is 4. The Labute approximate surface area is 172 Å². The van der Waals surface area contributed by atoms with Crippen molar-refractivity contribution in [1.82, 2.24) is 10.2 Å². The van der Waals surface area contributed by atoms with Gasteiger partial charge in [-0.1, -0.05) is 24.3 Å². The van der Waals surface area contributed by atoms with E-state index in [-0.39, 0.29) is 35.8 Å². The van der Waals surface area contributed by atoms with Crippen LogP contribution in [0, 0.1) is 17.2 Å². The molecule has 6 nitrogen and oxygen atoms in total. The molecule has 3 rings (SSSR count). The monoisotopic (exact) mass is 418 g/mol. The lowest BCUT2D eigenvalue weighted by molar-refractivity contribution is -0.146. The Bertz CT molecular complexity index is 923. The fourth-order valence-electron chi connectivity index (χ4n) is 3.50. The van der Waals surface area contributed by atoms with Crippen LogP contribution in [0.3, 0.4) is 0 Å². The third-order valence-electron chi connectivity index (χ3n) is 5.36. The Kier molecular flexibility index (Phi) is 6.37. The van der Waals surface area contributed by atoms with Crippen molar-refractivity contribution < 1.29 is 23.1 Å². The van der Waals surface area contributed by atoms with Gasteiger partial charge in [-0.15, -0.1) is 10.2 Å². The van der Waals surface area contributed by atoms with Crippen LogP contribution in [0.15, 0.2) is 36.4 Å². The van der Waals surface area contributed by atoms with Crippen LogP contribution in [0.4, 0.5) is 19.0 Å². The minimum atomic E-state index is -4.30. The molecule has 0 spiro atoms. The van der Waals surface area contributed by atoms with Gasteiger partial charge in [0, 0.05) is 31.8 Å². The number of Topliss-reactive ketones (excluding diaryl/α,β-unsaturated/α-hetero) is 1. The normalized spacial score (nSPS) is 20.1. The van der Waals surface area contributed by atoms with E-state index in [2.05, 4.69) is 10.2 Å². The number of ketones is 1. The summed E-state index contributed by atoms with van der Waals surface area (Å²) in [7, 11) is 0. The van der Waals surface area contributed by atoms with E-state index in [0.29, 0.717) is 24.5 Å². The molecule has 1 aliphatic rings. The third kappa shape index (κ3) is 5.13. The van der Waals surface area contributed by atoms with Crippen molar-refractivity contribution in [3.05, 3.63) is 53.2 Å². The molecule has 1 N–H and O–H groups in total. The summed E-state index contributed by atoms with van der Waals surface area (Å²) in [6.45, 7) is 1.84. The number of halogens is 3. The lowest BCUT2D eigenvalue weighted by Crippen LogP contribution is -2.22. The number of benzene rings is 1. The number of hydrogen-bond donors (Lipinski definition) is 1. The topological polar surface area (TPSA) is 90.1 Å². The van der Waals surface area contributed by atoms with Crippen molar-refractivity contribution in [2.45, 2.75) is 38.0 Å². The molecule has 0 aliphatic carbocycles. The molecule has 30 heavy (non-hydrogen) atoms. The highest BCUT2D eigenvalue weighted by atomic mass is 19.4. The van der Waals surface area contributed by atoms with Gasteiger partial charge in [-0.3, -0.25) is 4.79 Å². The molecular formula is C21H21F3N4O2. The Morgan fingerprint density at radius 3 is 2.50 bits per heavy atom. The summed E-state index contributed by atoms with van der Waals surface area (Å²) >= 11 is 0. The minimum Gasteiger partial charge on any atom is -0.391 e. The van der Waals surface area contributed by atoms with E-state index in [1.807, 2.05) is 11.0 Å². The number of anilines is 1. The standard InChI is InChI=1S/C21H21F3N4O2/c1-13(21(22,23)24)15-4-2-14(3-5-15)8-18(29)9-16-11-28(12-19(16)30)20-7-6-17(10-25)26-27-20/h2-7,13,16,19,30H,8-9,11-12H2,1H3/t13?,16?,19-/m0/s1. The number of carbonyl (C=O) groups is 1. The second-order valence-electron chi connectivity index (χ2n) is 7.55. The van der Waals surface area contributed by atoms with Crippen LogP contribution in [0.2, 0.25) is 0 Å². The Morgan fingerprint density at radius 1 is 1.23 bits per heavy atom. The van der Waals surface area contributed by atoms with E-state index in [9.17, 15) is 23.1 Å². The van der Waals surface area contributed by atoms with E-state index in [4.69, 9.17) is 5.26 Å². The highest BCUT2D eigenvalue weighted by Crippen LogP contribution is 2.34. The van der Waals surface area contributed by atoms with Gasteiger partial charge in [0.2, 0.25) is 0 Å². The molecule has 0 radical (unpaired) electrons. The first kappa shape index (κ1) is 21.7. The van der Waals surface area contributed by atoms with Gasteiger partial charge in [-0.05, 0) is 30.2 Å². The van der Waals surface area contributed by atoms with Gasteiger partial charge in [-0.25, -0.2) is 0 Å². The van der Waals surface area contributed by atoms with Crippen LogP contribution in [-0.2, 0) is 11.2 Å². The molecule has 1 aliphatic heterocycles. The van der Waals surface area contributed by atoms with Crippen LogP contribution in [0.5, 0.6) is 0 Å². The summed E-state index contributed by atoms with van der Waals surface area (Å²) in [6, 6.07) is 10.9. The first-order chi connectivity index (χ1) is 14.2. The first-order valence-corrected chi connectivity index (χ1v) is 9.51. The fraction of sp³-hybridized carbons (Fsp3) is 0.429. The highest BCUT2D eigenvalue weighted by molar-refractivity contribution is 5.81. The number of carbonyl (C=O) groups excluding carboxylic acids is 1. The van der Waals surface area contributed by atoms with Crippen molar-refractivity contribution in [3.63, 3.8) is 0 Å². The fourth-order valence-corrected chi connectivity index (χ4v) is 3.50. The van der Waals surface area contributed by atoms with Crippen molar-refractivity contribution in [2.24, 2.45) is 5.92 Å². The van der Waals surface area contributed by atoms with E-state index in [0.717, 1.165) is 6.92 Å².